The lowest BCUT2D eigenvalue weighted by Crippen LogP contribution is -2.36. The highest BCUT2D eigenvalue weighted by molar-refractivity contribution is 5.94. The van der Waals surface area contributed by atoms with Crippen LogP contribution in [0.15, 0.2) is 23.2 Å². The molecule has 0 unspecified atom stereocenters. The molecule has 0 heterocycles. The average molecular weight is 322 g/mol. The number of hydrogen-bond acceptors (Lipinski definition) is 4. The minimum atomic E-state index is 0.00840. The van der Waals surface area contributed by atoms with E-state index in [1.807, 2.05) is 32.0 Å². The van der Waals surface area contributed by atoms with Crippen LogP contribution in [0.3, 0.4) is 0 Å². The van der Waals surface area contributed by atoms with Crippen LogP contribution in [-0.2, 0) is 4.79 Å². The number of nitrogens with one attached hydrogen (secondary N) is 3. The van der Waals surface area contributed by atoms with E-state index in [1.54, 1.807) is 21.3 Å². The quantitative estimate of drug-likeness (QED) is 0.525. The number of hydrogen-bond donors (Lipinski definition) is 3. The Bertz CT molecular complexity index is 544. The molecule has 0 aliphatic rings. The summed E-state index contributed by atoms with van der Waals surface area (Å²) >= 11 is 0. The summed E-state index contributed by atoms with van der Waals surface area (Å²) in [6, 6.07) is 5.63. The molecule has 128 valence electrons. The summed E-state index contributed by atoms with van der Waals surface area (Å²) in [6.45, 7) is 4.36. The van der Waals surface area contributed by atoms with Gasteiger partial charge in [-0.15, -0.1) is 0 Å². The number of ether oxygens (including phenoxy) is 2. The minimum absolute atomic E-state index is 0.00840. The van der Waals surface area contributed by atoms with Gasteiger partial charge in [0.15, 0.2) is 17.5 Å². The van der Waals surface area contributed by atoms with E-state index in [0.717, 1.165) is 5.69 Å². The van der Waals surface area contributed by atoms with Gasteiger partial charge >= 0.3 is 0 Å². The number of amides is 1. The van der Waals surface area contributed by atoms with E-state index in [9.17, 15) is 4.79 Å². The molecule has 1 amide bonds. The van der Waals surface area contributed by atoms with Crippen molar-refractivity contribution >= 4 is 17.6 Å². The molecule has 7 nitrogen and oxygen atoms in total. The van der Waals surface area contributed by atoms with Gasteiger partial charge in [0, 0.05) is 37.8 Å². The van der Waals surface area contributed by atoms with Crippen molar-refractivity contribution in [1.82, 2.24) is 10.6 Å². The highest BCUT2D eigenvalue weighted by Crippen LogP contribution is 2.29. The zero-order chi connectivity index (χ0) is 17.2. The number of benzene rings is 1. The van der Waals surface area contributed by atoms with Gasteiger partial charge in [0.2, 0.25) is 5.91 Å². The van der Waals surface area contributed by atoms with Crippen molar-refractivity contribution in [3.05, 3.63) is 18.2 Å². The Morgan fingerprint density at radius 3 is 2.48 bits per heavy atom. The molecule has 0 aromatic heterocycles. The average Bonchev–Trinajstić information content (AvgIpc) is 2.52. The third-order valence-corrected chi connectivity index (χ3v) is 2.96. The lowest BCUT2D eigenvalue weighted by molar-refractivity contribution is -0.121. The van der Waals surface area contributed by atoms with Crippen molar-refractivity contribution in [1.29, 1.82) is 0 Å². The van der Waals surface area contributed by atoms with E-state index in [2.05, 4.69) is 20.9 Å². The molecule has 3 N–H and O–H groups in total. The SMILES string of the molecule is CN=C(NCCC(=O)NC(C)C)Nc1ccc(OC)c(OC)c1. The fourth-order valence-electron chi connectivity index (χ4n) is 1.92. The Kier molecular flexibility index (Phi) is 7.73. The zero-order valence-electron chi connectivity index (χ0n) is 14.4. The first-order valence-electron chi connectivity index (χ1n) is 7.49. The molecule has 7 heteroatoms. The predicted octanol–water partition coefficient (Wildman–Crippen LogP) is 1.61. The molecular formula is C16H26N4O3. The maximum Gasteiger partial charge on any atom is 0.221 e. The molecule has 0 radical (unpaired) electrons. The third kappa shape index (κ3) is 6.46. The lowest BCUT2D eigenvalue weighted by atomic mass is 10.2. The van der Waals surface area contributed by atoms with E-state index in [4.69, 9.17) is 9.47 Å². The van der Waals surface area contributed by atoms with Gasteiger partial charge < -0.3 is 25.4 Å². The summed E-state index contributed by atoms with van der Waals surface area (Å²) in [7, 11) is 4.85. The van der Waals surface area contributed by atoms with Crippen LogP contribution in [0.4, 0.5) is 5.69 Å². The number of aliphatic imine (C=N–C) groups is 1. The van der Waals surface area contributed by atoms with Crippen LogP contribution in [0.5, 0.6) is 11.5 Å². The Hall–Kier alpha value is -2.44. The Labute approximate surface area is 137 Å². The standard InChI is InChI=1S/C16H26N4O3/c1-11(2)19-15(21)8-9-18-16(17-3)20-12-6-7-13(22-4)14(10-12)23-5/h6-7,10-11H,8-9H2,1-5H3,(H,19,21)(H2,17,18,20). The lowest BCUT2D eigenvalue weighted by Gasteiger charge is -2.14. The summed E-state index contributed by atoms with van der Waals surface area (Å²) in [5.41, 5.74) is 0.808. The van der Waals surface area contributed by atoms with E-state index < -0.39 is 0 Å². The first-order valence-corrected chi connectivity index (χ1v) is 7.49. The van der Waals surface area contributed by atoms with E-state index in [-0.39, 0.29) is 11.9 Å². The van der Waals surface area contributed by atoms with Crippen LogP contribution in [-0.4, -0.2) is 45.7 Å². The zero-order valence-corrected chi connectivity index (χ0v) is 14.4. The largest absolute Gasteiger partial charge is 0.493 e. The van der Waals surface area contributed by atoms with Crippen molar-refractivity contribution in [2.45, 2.75) is 26.3 Å². The van der Waals surface area contributed by atoms with Crippen LogP contribution in [0.1, 0.15) is 20.3 Å². The van der Waals surface area contributed by atoms with Crippen molar-refractivity contribution in [3.8, 4) is 11.5 Å². The summed E-state index contributed by atoms with van der Waals surface area (Å²) < 4.78 is 10.5. The molecule has 0 bridgehead atoms. The number of methoxy groups -OCH3 is 2. The Balaban J connectivity index is 2.55. The number of carbonyl (C=O) groups excluding carboxylic acids is 1. The van der Waals surface area contributed by atoms with Gasteiger partial charge in [-0.25, -0.2) is 0 Å². The normalized spacial score (nSPS) is 11.1. The maximum atomic E-state index is 11.6. The highest BCUT2D eigenvalue weighted by Gasteiger charge is 2.07. The van der Waals surface area contributed by atoms with Crippen LogP contribution in [0.25, 0.3) is 0 Å². The van der Waals surface area contributed by atoms with Gasteiger partial charge in [0.05, 0.1) is 14.2 Å². The van der Waals surface area contributed by atoms with Crippen LogP contribution < -0.4 is 25.4 Å². The molecule has 0 aliphatic carbocycles. The molecular weight excluding hydrogens is 296 g/mol. The number of guanidine groups is 1. The topological polar surface area (TPSA) is 84.0 Å². The number of anilines is 1. The van der Waals surface area contributed by atoms with Gasteiger partial charge in [-0.2, -0.15) is 0 Å². The summed E-state index contributed by atoms with van der Waals surface area (Å²) in [4.78, 5) is 15.7. The van der Waals surface area contributed by atoms with Crippen LogP contribution in [0, 0.1) is 0 Å². The highest BCUT2D eigenvalue weighted by atomic mass is 16.5. The van der Waals surface area contributed by atoms with Gasteiger partial charge in [-0.3, -0.25) is 9.79 Å². The molecule has 1 rings (SSSR count). The van der Waals surface area contributed by atoms with Gasteiger partial charge in [0.1, 0.15) is 0 Å². The van der Waals surface area contributed by atoms with Crippen molar-refractivity contribution in [2.75, 3.05) is 33.1 Å². The number of nitrogens with zero attached hydrogens (tertiary/aromatic N) is 1. The monoisotopic (exact) mass is 322 g/mol. The van der Waals surface area contributed by atoms with E-state index in [1.165, 1.54) is 0 Å². The van der Waals surface area contributed by atoms with E-state index in [0.29, 0.717) is 30.4 Å². The molecule has 0 aliphatic heterocycles. The minimum Gasteiger partial charge on any atom is -0.493 e. The first-order chi connectivity index (χ1) is 11.0. The van der Waals surface area contributed by atoms with Crippen molar-refractivity contribution < 1.29 is 14.3 Å². The summed E-state index contributed by atoms with van der Waals surface area (Å²) in [5.74, 6) is 1.87. The van der Waals surface area contributed by atoms with Crippen LogP contribution >= 0.6 is 0 Å². The molecule has 0 spiro atoms. The van der Waals surface area contributed by atoms with Gasteiger partial charge in [-0.05, 0) is 26.0 Å². The third-order valence-electron chi connectivity index (χ3n) is 2.96. The molecule has 1 aromatic rings. The van der Waals surface area contributed by atoms with Crippen molar-refractivity contribution in [2.24, 2.45) is 4.99 Å². The fourth-order valence-corrected chi connectivity index (χ4v) is 1.92. The Morgan fingerprint density at radius 1 is 1.22 bits per heavy atom. The number of carbonyl (C=O) groups is 1. The predicted molar refractivity (Wildman–Crippen MR) is 92.4 cm³/mol. The molecule has 23 heavy (non-hydrogen) atoms. The first kappa shape index (κ1) is 18.6. The van der Waals surface area contributed by atoms with Gasteiger partial charge in [-0.1, -0.05) is 0 Å². The second kappa shape index (κ2) is 9.55. The Morgan fingerprint density at radius 2 is 1.91 bits per heavy atom. The van der Waals surface area contributed by atoms with E-state index >= 15 is 0 Å². The fraction of sp³-hybridized carbons (Fsp3) is 0.500. The maximum absolute atomic E-state index is 11.6. The molecule has 1 aromatic carbocycles. The van der Waals surface area contributed by atoms with Gasteiger partial charge in [0.25, 0.3) is 0 Å². The number of rotatable bonds is 7. The summed E-state index contributed by atoms with van der Waals surface area (Å²) in [5, 5.41) is 9.08. The second-order valence-electron chi connectivity index (χ2n) is 5.17. The molecule has 0 saturated carbocycles. The summed E-state index contributed by atoms with van der Waals surface area (Å²) in [6.07, 6.45) is 0.380. The second-order valence-corrected chi connectivity index (χ2v) is 5.17. The molecule has 0 fully saturated rings. The van der Waals surface area contributed by atoms with Crippen LogP contribution in [0.2, 0.25) is 0 Å². The molecule has 0 saturated heterocycles. The smallest absolute Gasteiger partial charge is 0.221 e. The van der Waals surface area contributed by atoms with Crippen molar-refractivity contribution in [3.63, 3.8) is 0 Å². The molecule has 0 atom stereocenters.